The number of piperidine rings is 1. The molecule has 2 heteroatoms. The molecule has 2 rings (SSSR count). The SMILES string of the molecule is CCN1C[C@@H]2C[C@@H]2[C@@H](O[C@H](C)C(C)C)C1. The summed E-state index contributed by atoms with van der Waals surface area (Å²) >= 11 is 0. The summed E-state index contributed by atoms with van der Waals surface area (Å²) in [4.78, 5) is 2.55. The summed E-state index contributed by atoms with van der Waals surface area (Å²) < 4.78 is 6.20. The molecule has 0 spiro atoms. The van der Waals surface area contributed by atoms with Gasteiger partial charge < -0.3 is 9.64 Å². The van der Waals surface area contributed by atoms with Crippen LogP contribution in [0.15, 0.2) is 0 Å². The fourth-order valence-electron chi connectivity index (χ4n) is 2.57. The normalized spacial score (nSPS) is 37.8. The lowest BCUT2D eigenvalue weighted by Crippen LogP contribution is -2.43. The van der Waals surface area contributed by atoms with Crippen LogP contribution in [0.4, 0.5) is 0 Å². The minimum absolute atomic E-state index is 0.410. The predicted octanol–water partition coefficient (Wildman–Crippen LogP) is 2.39. The Morgan fingerprint density at radius 2 is 2.00 bits per heavy atom. The molecule has 0 aromatic heterocycles. The van der Waals surface area contributed by atoms with Crippen LogP contribution in [0.5, 0.6) is 0 Å². The van der Waals surface area contributed by atoms with E-state index in [1.807, 2.05) is 0 Å². The van der Waals surface area contributed by atoms with E-state index >= 15 is 0 Å². The maximum absolute atomic E-state index is 6.20. The summed E-state index contributed by atoms with van der Waals surface area (Å²) in [6.07, 6.45) is 2.33. The summed E-state index contributed by atoms with van der Waals surface area (Å²) in [6, 6.07) is 0. The van der Waals surface area contributed by atoms with E-state index in [1.54, 1.807) is 0 Å². The van der Waals surface area contributed by atoms with Gasteiger partial charge in [-0.05, 0) is 37.6 Å². The zero-order chi connectivity index (χ0) is 11.0. The molecule has 0 bridgehead atoms. The molecular weight excluding hydrogens is 186 g/mol. The third-order valence-electron chi connectivity index (χ3n) is 4.16. The largest absolute Gasteiger partial charge is 0.373 e. The molecule has 88 valence electrons. The van der Waals surface area contributed by atoms with Gasteiger partial charge in [0, 0.05) is 13.1 Å². The van der Waals surface area contributed by atoms with Crippen molar-refractivity contribution in [3.05, 3.63) is 0 Å². The Hall–Kier alpha value is -0.0800. The third kappa shape index (κ3) is 2.54. The van der Waals surface area contributed by atoms with Crippen molar-refractivity contribution >= 4 is 0 Å². The molecule has 1 saturated carbocycles. The number of likely N-dealkylation sites (N-methyl/N-ethyl adjacent to an activating group) is 1. The Labute approximate surface area is 94.0 Å². The van der Waals surface area contributed by atoms with E-state index in [0.717, 1.165) is 18.4 Å². The maximum Gasteiger partial charge on any atom is 0.0737 e. The number of likely N-dealkylation sites (tertiary alicyclic amines) is 1. The summed E-state index contributed by atoms with van der Waals surface area (Å²) in [5.41, 5.74) is 0. The maximum atomic E-state index is 6.20. The van der Waals surface area contributed by atoms with E-state index in [-0.39, 0.29) is 0 Å². The first-order chi connectivity index (χ1) is 7.11. The quantitative estimate of drug-likeness (QED) is 0.708. The molecule has 0 amide bonds. The molecule has 1 heterocycles. The number of nitrogens with zero attached hydrogens (tertiary/aromatic N) is 1. The molecule has 0 aromatic carbocycles. The van der Waals surface area contributed by atoms with Gasteiger partial charge in [0.25, 0.3) is 0 Å². The minimum atomic E-state index is 0.410. The van der Waals surface area contributed by atoms with Crippen molar-refractivity contribution in [1.29, 1.82) is 0 Å². The topological polar surface area (TPSA) is 12.5 Å². The number of fused-ring (bicyclic) bond motifs is 1. The average molecular weight is 211 g/mol. The molecule has 0 radical (unpaired) electrons. The van der Waals surface area contributed by atoms with Crippen molar-refractivity contribution in [2.45, 2.75) is 46.3 Å². The standard InChI is InChI=1S/C13H25NO/c1-5-14-7-11-6-12(11)13(8-14)15-10(4)9(2)3/h9-13H,5-8H2,1-4H3/t10-,11+,12+,13+/m1/s1. The van der Waals surface area contributed by atoms with Gasteiger partial charge in [-0.1, -0.05) is 20.8 Å². The molecule has 1 saturated heterocycles. The average Bonchev–Trinajstić information content (AvgIpc) is 2.96. The van der Waals surface area contributed by atoms with Crippen LogP contribution < -0.4 is 0 Å². The van der Waals surface area contributed by atoms with Crippen LogP contribution in [-0.4, -0.2) is 36.7 Å². The van der Waals surface area contributed by atoms with Crippen LogP contribution >= 0.6 is 0 Å². The van der Waals surface area contributed by atoms with Crippen LogP contribution in [-0.2, 0) is 4.74 Å². The molecule has 2 nitrogen and oxygen atoms in total. The zero-order valence-electron chi connectivity index (χ0n) is 10.6. The Morgan fingerprint density at radius 3 is 2.60 bits per heavy atom. The molecule has 1 aliphatic heterocycles. The van der Waals surface area contributed by atoms with Crippen LogP contribution in [0.1, 0.15) is 34.1 Å². The molecule has 1 aliphatic carbocycles. The highest BCUT2D eigenvalue weighted by Crippen LogP contribution is 2.46. The summed E-state index contributed by atoms with van der Waals surface area (Å²) in [6.45, 7) is 12.6. The fraction of sp³-hybridized carbons (Fsp3) is 1.00. The Balaban J connectivity index is 1.86. The molecule has 4 atom stereocenters. The summed E-state index contributed by atoms with van der Waals surface area (Å²) in [5.74, 6) is 2.47. The van der Waals surface area contributed by atoms with Crippen molar-refractivity contribution in [3.63, 3.8) is 0 Å². The lowest BCUT2D eigenvalue weighted by atomic mass is 10.1. The molecule has 0 aromatic rings. The van der Waals surface area contributed by atoms with Crippen LogP contribution in [0.3, 0.4) is 0 Å². The van der Waals surface area contributed by atoms with Gasteiger partial charge in [0.15, 0.2) is 0 Å². The second kappa shape index (κ2) is 4.42. The fourth-order valence-corrected chi connectivity index (χ4v) is 2.57. The smallest absolute Gasteiger partial charge is 0.0737 e. The number of hydrogen-bond donors (Lipinski definition) is 0. The van der Waals surface area contributed by atoms with E-state index in [1.165, 1.54) is 19.5 Å². The van der Waals surface area contributed by atoms with E-state index in [9.17, 15) is 0 Å². The highest BCUT2D eigenvalue weighted by molar-refractivity contribution is 4.99. The van der Waals surface area contributed by atoms with Gasteiger partial charge in [-0.3, -0.25) is 0 Å². The Morgan fingerprint density at radius 1 is 1.27 bits per heavy atom. The van der Waals surface area contributed by atoms with Crippen molar-refractivity contribution in [1.82, 2.24) is 4.90 Å². The van der Waals surface area contributed by atoms with Gasteiger partial charge in [0.05, 0.1) is 12.2 Å². The van der Waals surface area contributed by atoms with Crippen molar-refractivity contribution < 1.29 is 4.74 Å². The first kappa shape index (κ1) is 11.4. The van der Waals surface area contributed by atoms with Crippen molar-refractivity contribution in [2.24, 2.45) is 17.8 Å². The third-order valence-corrected chi connectivity index (χ3v) is 4.16. The molecule has 0 N–H and O–H groups in total. The lowest BCUT2D eigenvalue weighted by molar-refractivity contribution is -0.0637. The first-order valence-corrected chi connectivity index (χ1v) is 6.49. The minimum Gasteiger partial charge on any atom is -0.373 e. The highest BCUT2D eigenvalue weighted by Gasteiger charge is 2.48. The Kier molecular flexibility index (Phi) is 3.36. The van der Waals surface area contributed by atoms with Crippen LogP contribution in [0.25, 0.3) is 0 Å². The van der Waals surface area contributed by atoms with Gasteiger partial charge in [0.1, 0.15) is 0 Å². The second-order valence-electron chi connectivity index (χ2n) is 5.64. The van der Waals surface area contributed by atoms with Crippen LogP contribution in [0, 0.1) is 17.8 Å². The lowest BCUT2D eigenvalue weighted by Gasteiger charge is -2.33. The molecular formula is C13H25NO. The van der Waals surface area contributed by atoms with Crippen LogP contribution in [0.2, 0.25) is 0 Å². The predicted molar refractivity (Wildman–Crippen MR) is 62.9 cm³/mol. The van der Waals surface area contributed by atoms with Gasteiger partial charge in [0.2, 0.25) is 0 Å². The summed E-state index contributed by atoms with van der Waals surface area (Å²) in [5, 5.41) is 0. The van der Waals surface area contributed by atoms with E-state index in [0.29, 0.717) is 18.1 Å². The van der Waals surface area contributed by atoms with Crippen molar-refractivity contribution in [2.75, 3.05) is 19.6 Å². The Bertz CT molecular complexity index is 217. The zero-order valence-corrected chi connectivity index (χ0v) is 10.6. The highest BCUT2D eigenvalue weighted by atomic mass is 16.5. The molecule has 0 unspecified atom stereocenters. The second-order valence-corrected chi connectivity index (χ2v) is 5.64. The monoisotopic (exact) mass is 211 g/mol. The van der Waals surface area contributed by atoms with Gasteiger partial charge in [-0.15, -0.1) is 0 Å². The van der Waals surface area contributed by atoms with E-state index in [4.69, 9.17) is 4.74 Å². The molecule has 15 heavy (non-hydrogen) atoms. The number of rotatable bonds is 4. The van der Waals surface area contributed by atoms with Gasteiger partial charge in [-0.25, -0.2) is 0 Å². The van der Waals surface area contributed by atoms with Gasteiger partial charge >= 0.3 is 0 Å². The summed E-state index contributed by atoms with van der Waals surface area (Å²) in [7, 11) is 0. The molecule has 2 aliphatic rings. The molecule has 2 fully saturated rings. The number of hydrogen-bond acceptors (Lipinski definition) is 2. The number of ether oxygens (including phenoxy) is 1. The van der Waals surface area contributed by atoms with E-state index in [2.05, 4.69) is 32.6 Å². The van der Waals surface area contributed by atoms with Gasteiger partial charge in [-0.2, -0.15) is 0 Å². The van der Waals surface area contributed by atoms with E-state index < -0.39 is 0 Å². The van der Waals surface area contributed by atoms with Crippen molar-refractivity contribution in [3.8, 4) is 0 Å². The first-order valence-electron chi connectivity index (χ1n) is 6.49.